The van der Waals surface area contributed by atoms with Gasteiger partial charge in [0.2, 0.25) is 5.78 Å². The number of benzene rings is 3. The molecular weight excluding hydrogens is 436 g/mol. The summed E-state index contributed by atoms with van der Waals surface area (Å²) < 4.78 is 30.2. The van der Waals surface area contributed by atoms with Gasteiger partial charge < -0.3 is 0 Å². The average Bonchev–Trinajstić information content (AvgIpc) is 2.82. The van der Waals surface area contributed by atoms with Gasteiger partial charge in [0.1, 0.15) is 0 Å². The summed E-state index contributed by atoms with van der Waals surface area (Å²) in [6.07, 6.45) is 3.36. The van der Waals surface area contributed by atoms with Crippen molar-refractivity contribution < 1.29 is 22.6 Å². The maximum atomic E-state index is 13.5. The van der Waals surface area contributed by atoms with Crippen LogP contribution < -0.4 is 9.29 Å². The number of sulfonamides is 1. The first-order chi connectivity index (χ1) is 15.8. The highest BCUT2D eigenvalue weighted by atomic mass is 32.2. The number of carbonyl (C=O) groups is 2. The van der Waals surface area contributed by atoms with Gasteiger partial charge in [-0.3, -0.25) is 14.3 Å². The number of hydrogen-bond donors (Lipinski definition) is 1. The molecule has 33 heavy (non-hydrogen) atoms. The Kier molecular flexibility index (Phi) is 4.91. The number of nitrogens with one attached hydrogen (secondary N) is 1. The lowest BCUT2D eigenvalue weighted by Gasteiger charge is -2.18. The molecule has 0 saturated carbocycles. The van der Waals surface area contributed by atoms with Crippen LogP contribution in [0.2, 0.25) is 0 Å². The number of rotatable bonds is 4. The van der Waals surface area contributed by atoms with E-state index in [0.29, 0.717) is 0 Å². The van der Waals surface area contributed by atoms with E-state index in [2.05, 4.69) is 4.72 Å². The second-order valence-corrected chi connectivity index (χ2v) is 9.51. The van der Waals surface area contributed by atoms with Gasteiger partial charge in [-0.05, 0) is 30.5 Å². The highest BCUT2D eigenvalue weighted by Crippen LogP contribution is 2.27. The van der Waals surface area contributed by atoms with Crippen molar-refractivity contribution in [1.82, 2.24) is 4.72 Å². The van der Waals surface area contributed by atoms with Crippen molar-refractivity contribution in [1.29, 1.82) is 0 Å². The summed E-state index contributed by atoms with van der Waals surface area (Å²) in [7, 11) is -4.11. The Hall–Kier alpha value is -4.10. The summed E-state index contributed by atoms with van der Waals surface area (Å²) in [6.45, 7) is 1.85. The number of carbonyl (C=O) groups excluding carboxylic acids is 2. The largest absolute Gasteiger partial charge is 0.287 e. The van der Waals surface area contributed by atoms with Gasteiger partial charge in [0.05, 0.1) is 4.90 Å². The fourth-order valence-corrected chi connectivity index (χ4v) is 4.96. The Labute approximate surface area is 190 Å². The topological polar surface area (TPSA) is 84.2 Å². The first kappa shape index (κ1) is 20.8. The monoisotopic (exact) mass is 455 g/mol. The number of ketones is 2. The van der Waals surface area contributed by atoms with E-state index in [4.69, 9.17) is 0 Å². The molecule has 0 amide bonds. The molecule has 0 saturated heterocycles. The molecular formula is C26H19N2O4S+. The van der Waals surface area contributed by atoms with Crippen LogP contribution in [0.25, 0.3) is 16.5 Å². The first-order valence-corrected chi connectivity index (χ1v) is 11.8. The van der Waals surface area contributed by atoms with Crippen LogP contribution in [-0.2, 0) is 10.0 Å². The second-order valence-electron chi connectivity index (χ2n) is 7.83. The van der Waals surface area contributed by atoms with Crippen molar-refractivity contribution in [2.24, 2.45) is 0 Å². The second kappa shape index (κ2) is 7.79. The van der Waals surface area contributed by atoms with Crippen LogP contribution in [0.1, 0.15) is 26.3 Å². The van der Waals surface area contributed by atoms with Crippen LogP contribution in [0.3, 0.4) is 0 Å². The summed E-state index contributed by atoms with van der Waals surface area (Å²) >= 11 is 0. The van der Waals surface area contributed by atoms with Crippen LogP contribution in [0.15, 0.2) is 102 Å². The number of Topliss-reactive ketones (excluding diaryl/α,β-unsaturated/α-hetero) is 2. The highest BCUT2D eigenvalue weighted by molar-refractivity contribution is 7.89. The molecule has 1 aromatic heterocycles. The van der Waals surface area contributed by atoms with E-state index >= 15 is 0 Å². The highest BCUT2D eigenvalue weighted by Gasteiger charge is 2.40. The van der Waals surface area contributed by atoms with Gasteiger partial charge >= 0.3 is 0 Å². The molecule has 5 rings (SSSR count). The van der Waals surface area contributed by atoms with E-state index in [9.17, 15) is 18.0 Å². The maximum Gasteiger partial charge on any atom is 0.287 e. The van der Waals surface area contributed by atoms with Gasteiger partial charge in [0, 0.05) is 22.6 Å². The fraction of sp³-hybridized carbons (Fsp3) is 0.0385. The zero-order valence-electron chi connectivity index (χ0n) is 17.6. The molecule has 162 valence electrons. The number of nitrogens with zero attached hydrogens (tertiary/aromatic N) is 1. The van der Waals surface area contributed by atoms with Crippen LogP contribution in [0, 0.1) is 6.92 Å². The molecule has 0 spiro atoms. The van der Waals surface area contributed by atoms with E-state index in [1.54, 1.807) is 42.7 Å². The standard InChI is InChI=1S/C26H18N2O4S/c1-17-10-12-20(13-11-17)33(31,32)27-23-24(26(30)22-9-5-4-8-21(22)25(23)29)28-15-14-18-6-2-3-7-19(18)16-28/h2-16H,1H3/p+1. The van der Waals surface area contributed by atoms with E-state index in [-0.39, 0.29) is 27.4 Å². The predicted octanol–water partition coefficient (Wildman–Crippen LogP) is 3.66. The van der Waals surface area contributed by atoms with E-state index < -0.39 is 21.6 Å². The molecule has 1 N–H and O–H groups in total. The zero-order chi connectivity index (χ0) is 23.2. The number of fused-ring (bicyclic) bond motifs is 2. The van der Waals surface area contributed by atoms with Crippen LogP contribution in [0.5, 0.6) is 0 Å². The third-order valence-corrected chi connectivity index (χ3v) is 6.98. The third kappa shape index (κ3) is 3.62. The first-order valence-electron chi connectivity index (χ1n) is 10.3. The fourth-order valence-electron chi connectivity index (χ4n) is 3.89. The van der Waals surface area contributed by atoms with Crippen molar-refractivity contribution in [3.8, 4) is 0 Å². The molecule has 6 nitrogen and oxygen atoms in total. The number of aromatic nitrogens is 1. The number of allylic oxidation sites excluding steroid dienone is 2. The van der Waals surface area contributed by atoms with E-state index in [1.165, 1.54) is 22.8 Å². The van der Waals surface area contributed by atoms with Crippen LogP contribution in [0.4, 0.5) is 0 Å². The van der Waals surface area contributed by atoms with Gasteiger partial charge in [0.25, 0.3) is 21.5 Å². The smallest absolute Gasteiger partial charge is 0.287 e. The van der Waals surface area contributed by atoms with Crippen molar-refractivity contribution in [2.75, 3.05) is 0 Å². The number of pyridine rings is 1. The zero-order valence-corrected chi connectivity index (χ0v) is 18.5. The van der Waals surface area contributed by atoms with Crippen molar-refractivity contribution in [2.45, 2.75) is 11.8 Å². The van der Waals surface area contributed by atoms with Crippen molar-refractivity contribution in [3.05, 3.63) is 114 Å². The minimum absolute atomic E-state index is 0.00238. The van der Waals surface area contributed by atoms with Crippen molar-refractivity contribution in [3.63, 3.8) is 0 Å². The number of aryl methyl sites for hydroxylation is 1. The SMILES string of the molecule is Cc1ccc(S(=O)(=O)NC2=C([n+]3ccc4ccccc4c3)C(=O)c3ccccc3C2=O)cc1. The molecule has 0 radical (unpaired) electrons. The molecule has 0 atom stereocenters. The lowest BCUT2D eigenvalue weighted by molar-refractivity contribution is -0.575. The summed E-state index contributed by atoms with van der Waals surface area (Å²) in [4.78, 5) is 26.9. The molecule has 1 heterocycles. The van der Waals surface area contributed by atoms with Gasteiger partial charge in [0.15, 0.2) is 18.1 Å². The van der Waals surface area contributed by atoms with E-state index in [0.717, 1.165) is 16.3 Å². The van der Waals surface area contributed by atoms with Crippen LogP contribution in [-0.4, -0.2) is 20.0 Å². The Morgan fingerprint density at radius 1 is 0.727 bits per heavy atom. The maximum absolute atomic E-state index is 13.5. The molecule has 1 aliphatic rings. The average molecular weight is 456 g/mol. The summed E-state index contributed by atoms with van der Waals surface area (Å²) in [5.74, 6) is -0.997. The lowest BCUT2D eigenvalue weighted by atomic mass is 9.90. The molecule has 7 heteroatoms. The third-order valence-electron chi connectivity index (χ3n) is 5.61. The Morgan fingerprint density at radius 3 is 2.03 bits per heavy atom. The molecule has 0 fully saturated rings. The number of hydrogen-bond acceptors (Lipinski definition) is 4. The van der Waals surface area contributed by atoms with E-state index in [1.807, 2.05) is 37.3 Å². The van der Waals surface area contributed by atoms with Gasteiger partial charge in [-0.25, -0.2) is 8.42 Å². The minimum Gasteiger partial charge on any atom is -0.287 e. The van der Waals surface area contributed by atoms with Gasteiger partial charge in [-0.15, -0.1) is 0 Å². The molecule has 4 aromatic rings. The Bertz CT molecular complexity index is 1590. The minimum atomic E-state index is -4.11. The van der Waals surface area contributed by atoms with Crippen molar-refractivity contribution >= 4 is 38.1 Å². The predicted molar refractivity (Wildman–Crippen MR) is 124 cm³/mol. The molecule has 0 aliphatic heterocycles. The molecule has 0 bridgehead atoms. The quantitative estimate of drug-likeness (QED) is 0.476. The van der Waals surface area contributed by atoms with Crippen LogP contribution >= 0.6 is 0 Å². The van der Waals surface area contributed by atoms with Gasteiger partial charge in [-0.1, -0.05) is 60.2 Å². The normalized spacial score (nSPS) is 13.8. The molecule has 3 aromatic carbocycles. The molecule has 1 aliphatic carbocycles. The Morgan fingerprint density at radius 2 is 1.33 bits per heavy atom. The lowest BCUT2D eigenvalue weighted by Crippen LogP contribution is -2.44. The summed E-state index contributed by atoms with van der Waals surface area (Å²) in [5, 5.41) is 1.79. The summed E-state index contributed by atoms with van der Waals surface area (Å²) in [6, 6.07) is 22.1. The Balaban J connectivity index is 1.72. The van der Waals surface area contributed by atoms with Gasteiger partial charge in [-0.2, -0.15) is 4.57 Å². The molecule has 0 unspecified atom stereocenters. The summed E-state index contributed by atoms with van der Waals surface area (Å²) in [5.41, 5.74) is 0.976.